The zero-order valence-electron chi connectivity index (χ0n) is 44.6. The molecule has 21 nitrogen and oxygen atoms in total. The molecule has 1 aromatic heterocycles. The smallest absolute Gasteiger partial charge is 0.329 e. The summed E-state index contributed by atoms with van der Waals surface area (Å²) >= 11 is 5.99. The normalized spacial score (nSPS) is 27.3. The highest BCUT2D eigenvalue weighted by atomic mass is 35.5. The average Bonchev–Trinajstić information content (AvgIpc) is 3.93. The summed E-state index contributed by atoms with van der Waals surface area (Å²) in [7, 11) is 0. The zero-order valence-corrected chi connectivity index (χ0v) is 45.4. The lowest BCUT2D eigenvalue weighted by Gasteiger charge is -2.34. The molecule has 7 amide bonds. The molecule has 22 heteroatoms. The van der Waals surface area contributed by atoms with Crippen molar-refractivity contribution in [3.63, 3.8) is 0 Å². The van der Waals surface area contributed by atoms with E-state index in [0.717, 1.165) is 0 Å². The Labute approximate surface area is 453 Å². The predicted octanol–water partition coefficient (Wildman–Crippen LogP) is 4.39. The number of hydrogen-bond donors (Lipinski definition) is 7. The van der Waals surface area contributed by atoms with Crippen LogP contribution in [-0.4, -0.2) is 128 Å². The fraction of sp³-hybridized carbons (Fsp3) is 0.527. The summed E-state index contributed by atoms with van der Waals surface area (Å²) < 4.78 is 6.54. The van der Waals surface area contributed by atoms with Gasteiger partial charge in [0.1, 0.15) is 59.2 Å². The van der Waals surface area contributed by atoms with Crippen molar-refractivity contribution in [3.8, 4) is 0 Å². The van der Waals surface area contributed by atoms with Crippen molar-refractivity contribution in [1.29, 1.82) is 0 Å². The highest BCUT2D eigenvalue weighted by Gasteiger charge is 2.51. The summed E-state index contributed by atoms with van der Waals surface area (Å²) in [6.45, 7) is 13.7. The predicted molar refractivity (Wildman–Crippen MR) is 284 cm³/mol. The number of carbonyl (C=O) groups is 8. The number of carbonyl (C=O) groups excluding carboxylic acids is 8. The Morgan fingerprint density at radius 3 is 1.92 bits per heavy atom. The quantitative estimate of drug-likeness (QED) is 0.0346. The van der Waals surface area contributed by atoms with E-state index in [2.05, 4.69) is 31.9 Å². The minimum absolute atomic E-state index is 0.0160. The lowest BCUT2D eigenvalue weighted by atomic mass is 9.90. The molecule has 7 N–H and O–H groups in total. The van der Waals surface area contributed by atoms with Crippen molar-refractivity contribution in [2.45, 2.75) is 154 Å². The van der Waals surface area contributed by atoms with Gasteiger partial charge in [-0.25, -0.2) is 4.79 Å². The Hall–Kier alpha value is -7.29. The number of rotatable bonds is 16. The fourth-order valence-electron chi connectivity index (χ4n) is 10.1. The van der Waals surface area contributed by atoms with Crippen LogP contribution in [0.25, 0.3) is 0 Å². The van der Waals surface area contributed by atoms with Crippen LogP contribution >= 0.6 is 11.6 Å². The molecule has 2 aliphatic heterocycles. The van der Waals surface area contributed by atoms with Gasteiger partial charge < -0.3 is 46.7 Å². The van der Waals surface area contributed by atoms with Crippen molar-refractivity contribution in [2.75, 3.05) is 6.54 Å². The Balaban J connectivity index is 1.48. The van der Waals surface area contributed by atoms with Gasteiger partial charge in [-0.2, -0.15) is 4.73 Å². The first kappa shape index (κ1) is 59.0. The van der Waals surface area contributed by atoms with Gasteiger partial charge in [0, 0.05) is 35.6 Å². The van der Waals surface area contributed by atoms with E-state index in [-0.39, 0.29) is 54.9 Å². The van der Waals surface area contributed by atoms with Crippen molar-refractivity contribution >= 4 is 58.9 Å². The van der Waals surface area contributed by atoms with Crippen LogP contribution in [0.4, 0.5) is 0 Å². The molecule has 14 atom stereocenters. The number of cyclic esters (lactones) is 1. The van der Waals surface area contributed by atoms with Gasteiger partial charge in [0.05, 0.1) is 0 Å². The maximum absolute atomic E-state index is 15.1. The number of esters is 1. The van der Waals surface area contributed by atoms with Crippen molar-refractivity contribution in [3.05, 3.63) is 117 Å². The van der Waals surface area contributed by atoms with Crippen molar-refractivity contribution < 1.29 is 53.2 Å². The summed E-state index contributed by atoms with van der Waals surface area (Å²) in [4.78, 5) is 131. The van der Waals surface area contributed by atoms with E-state index < -0.39 is 130 Å². The number of ether oxygens (including phenoxy) is 1. The molecule has 2 saturated heterocycles. The molecule has 6 rings (SSSR count). The molecule has 3 fully saturated rings. The molecule has 0 bridgehead atoms. The van der Waals surface area contributed by atoms with Crippen LogP contribution < -0.4 is 31.9 Å². The second kappa shape index (κ2) is 26.2. The fourth-order valence-corrected chi connectivity index (χ4v) is 10.3. The van der Waals surface area contributed by atoms with Gasteiger partial charge in [-0.05, 0) is 74.1 Å². The third-order valence-corrected chi connectivity index (χ3v) is 15.3. The second-order valence-corrected chi connectivity index (χ2v) is 21.4. The van der Waals surface area contributed by atoms with Crippen LogP contribution in [0.5, 0.6) is 0 Å². The monoisotopic (exact) mass is 1090 g/mol. The number of halogens is 1. The number of amides is 7. The minimum atomic E-state index is -1.80. The van der Waals surface area contributed by atoms with Crippen LogP contribution in [0, 0.1) is 33.8 Å². The molecule has 1 saturated carbocycles. The van der Waals surface area contributed by atoms with Gasteiger partial charge in [-0.15, -0.1) is 0 Å². The molecule has 3 aliphatic rings. The SMILES string of the molecule is C/C=C\[C@H]1C[C@H]2C(=O)O[C@H](C)[C@@H](NC(=O)[C@H](CC(C)C)NC(=O)c3ccc(Cl)n3O)C(=O)N[C@@H]([C@H](C)c3ccccc3)C(=O)N[C@H](C[C@@H]3C[C@H]3[N+](=O)[O-])C(=O)N[C@@H]([C@H](C)c3ccccc3)C(=O)N[C@@H]([C@@H](C)CC)C(=O)N2C1. The first-order valence-corrected chi connectivity index (χ1v) is 26.7. The zero-order chi connectivity index (χ0) is 56.4. The van der Waals surface area contributed by atoms with Crippen molar-refractivity contribution in [1.82, 2.24) is 41.5 Å². The maximum Gasteiger partial charge on any atom is 0.329 e. The van der Waals surface area contributed by atoms with Crippen LogP contribution in [0.1, 0.15) is 121 Å². The molecular formula is C55H72ClN9O12. The Kier molecular flexibility index (Phi) is 20.0. The summed E-state index contributed by atoms with van der Waals surface area (Å²) in [6.07, 6.45) is 2.47. The maximum atomic E-state index is 15.1. The van der Waals surface area contributed by atoms with Crippen molar-refractivity contribution in [2.24, 2.45) is 23.7 Å². The summed E-state index contributed by atoms with van der Waals surface area (Å²) in [5, 5.41) is 38.7. The third-order valence-electron chi connectivity index (χ3n) is 15.0. The Morgan fingerprint density at radius 2 is 1.40 bits per heavy atom. The summed E-state index contributed by atoms with van der Waals surface area (Å²) in [5.41, 5.74) is 0.907. The van der Waals surface area contributed by atoms with Crippen LogP contribution in [0.15, 0.2) is 84.9 Å². The van der Waals surface area contributed by atoms with E-state index in [0.29, 0.717) is 22.3 Å². The third kappa shape index (κ3) is 14.6. The first-order chi connectivity index (χ1) is 36.5. The Morgan fingerprint density at radius 1 is 0.831 bits per heavy atom. The molecular weight excluding hydrogens is 1010 g/mol. The number of benzene rings is 2. The summed E-state index contributed by atoms with van der Waals surface area (Å²) in [5.74, 6) is -10.3. The van der Waals surface area contributed by atoms with E-state index in [9.17, 15) is 39.3 Å². The number of fused-ring (bicyclic) bond motifs is 1. The number of hydrogen-bond acceptors (Lipinski definition) is 12. The van der Waals surface area contributed by atoms with Gasteiger partial charge >= 0.3 is 5.97 Å². The van der Waals surface area contributed by atoms with Crippen LogP contribution in [0.3, 0.4) is 0 Å². The topological polar surface area (TPSA) is 290 Å². The number of aromatic nitrogens is 1. The van der Waals surface area contributed by atoms with Gasteiger partial charge in [0.2, 0.25) is 41.5 Å². The number of allylic oxidation sites excluding steroid dienone is 1. The lowest BCUT2D eigenvalue weighted by Crippen LogP contribution is -2.62. The number of nitrogens with zero attached hydrogens (tertiary/aromatic N) is 3. The molecule has 1 aliphatic carbocycles. The largest absolute Gasteiger partial charge is 0.458 e. The van der Waals surface area contributed by atoms with Crippen LogP contribution in [0.2, 0.25) is 5.15 Å². The minimum Gasteiger partial charge on any atom is -0.458 e. The van der Waals surface area contributed by atoms with E-state index in [1.807, 2.05) is 13.0 Å². The molecule has 0 unspecified atom stereocenters. The Bertz CT molecular complexity index is 2670. The highest BCUT2D eigenvalue weighted by Crippen LogP contribution is 2.37. The van der Waals surface area contributed by atoms with E-state index >= 15 is 14.4 Å². The van der Waals surface area contributed by atoms with E-state index in [1.54, 1.807) is 108 Å². The van der Waals surface area contributed by atoms with E-state index in [1.165, 1.54) is 24.0 Å². The van der Waals surface area contributed by atoms with Crippen LogP contribution in [-0.2, 0) is 38.3 Å². The molecule has 3 aromatic rings. The average molecular weight is 1090 g/mol. The molecule has 0 spiro atoms. The van der Waals surface area contributed by atoms with Gasteiger partial charge in [-0.3, -0.25) is 43.7 Å². The van der Waals surface area contributed by atoms with Gasteiger partial charge in [-0.1, -0.05) is 132 Å². The summed E-state index contributed by atoms with van der Waals surface area (Å²) in [6, 6.07) is 8.85. The second-order valence-electron chi connectivity index (χ2n) is 21.1. The lowest BCUT2D eigenvalue weighted by molar-refractivity contribution is -0.498. The molecule has 0 radical (unpaired) electrons. The first-order valence-electron chi connectivity index (χ1n) is 26.3. The number of nitrogens with one attached hydrogen (secondary N) is 6. The standard InChI is InChI=1S/C55H72ClN9O12/c1-9-17-34-25-42-55(73)77-33(8)47(62-48(66)38(24-29(3)4)57-50(68)40-22-23-43(56)64(40)74)53(71)61-45(31(6)35-18-13-11-14-19-35)51(69)58-39(26-37-27-41(37)65(75)76)49(67)60-46(32(7)36-20-15-12-16-21-36)52(70)59-44(30(5)10-2)54(72)63(42)28-34/h9,11-23,29-34,37-39,41-42,44-47,74H,10,24-28H2,1-8H3,(H,57,68)(H,58,69)(H,59,70)(H,60,67)(H,61,71)(H,62,66)/b17-9-/t30-,31+,32+,33+,34-,37+,38-,39+,41+,42-,44-,45-,46-,47+/m0/s1. The molecule has 77 heavy (non-hydrogen) atoms. The van der Waals surface area contributed by atoms with E-state index in [4.69, 9.17) is 16.3 Å². The highest BCUT2D eigenvalue weighted by molar-refractivity contribution is 6.30. The number of nitro groups is 1. The molecule has 416 valence electrons. The van der Waals surface area contributed by atoms with Gasteiger partial charge in [0.25, 0.3) is 5.91 Å². The van der Waals surface area contributed by atoms with Gasteiger partial charge in [0.15, 0.2) is 0 Å². The molecule has 3 heterocycles. The molecule has 2 aromatic carbocycles.